The molecule has 0 aliphatic carbocycles. The van der Waals surface area contributed by atoms with Crippen LogP contribution < -0.4 is 4.74 Å². The second-order valence-electron chi connectivity index (χ2n) is 14.5. The molecule has 0 amide bonds. The molecule has 3 nitrogen and oxygen atoms in total. The van der Waals surface area contributed by atoms with Gasteiger partial charge < -0.3 is 4.74 Å². The predicted molar refractivity (Wildman–Crippen MR) is 229 cm³/mol. The van der Waals surface area contributed by atoms with Gasteiger partial charge in [-0.25, -0.2) is 9.97 Å². The second kappa shape index (κ2) is 12.9. The van der Waals surface area contributed by atoms with Gasteiger partial charge in [-0.2, -0.15) is 0 Å². The van der Waals surface area contributed by atoms with Gasteiger partial charge >= 0.3 is 0 Å². The molecule has 0 saturated heterocycles. The number of benzene rings is 8. The van der Waals surface area contributed by atoms with Crippen LogP contribution in [-0.2, 0) is 5.41 Å². The molecule has 0 spiro atoms. The largest absolute Gasteiger partial charge is 0.457 e. The molecule has 0 saturated carbocycles. The number of ether oxygens (including phenoxy) is 1. The highest BCUT2D eigenvalue weighted by atomic mass is 16.5. The summed E-state index contributed by atoms with van der Waals surface area (Å²) in [5.41, 5.74) is 12.1. The van der Waals surface area contributed by atoms with E-state index in [1.807, 2.05) is 18.2 Å². The molecule has 0 atom stereocenters. The molecule has 0 N–H and O–H groups in total. The highest BCUT2D eigenvalue weighted by Crippen LogP contribution is 2.56. The first kappa shape index (κ1) is 32.1. The number of aromatic nitrogens is 2. The highest BCUT2D eigenvalue weighted by Gasteiger charge is 2.45. The maximum absolute atomic E-state index is 6.84. The van der Waals surface area contributed by atoms with Crippen molar-refractivity contribution in [3.05, 3.63) is 229 Å². The van der Waals surface area contributed by atoms with Gasteiger partial charge in [-0.3, -0.25) is 0 Å². The summed E-state index contributed by atoms with van der Waals surface area (Å²) >= 11 is 0. The van der Waals surface area contributed by atoms with E-state index in [-0.39, 0.29) is 0 Å². The lowest BCUT2D eigenvalue weighted by molar-refractivity contribution is 0.435. The Morgan fingerprint density at radius 2 is 0.786 bits per heavy atom. The van der Waals surface area contributed by atoms with Gasteiger partial charge in [0.15, 0.2) is 0 Å². The molecule has 0 unspecified atom stereocenters. The molecule has 2 aromatic heterocycles. The van der Waals surface area contributed by atoms with Crippen molar-refractivity contribution in [1.29, 1.82) is 0 Å². The Morgan fingerprint density at radius 1 is 0.321 bits per heavy atom. The van der Waals surface area contributed by atoms with Crippen LogP contribution in [0.25, 0.3) is 66.2 Å². The molecule has 0 bridgehead atoms. The summed E-state index contributed by atoms with van der Waals surface area (Å²) in [6.07, 6.45) is 0. The molecule has 0 radical (unpaired) electrons. The Morgan fingerprint density at radius 3 is 1.39 bits per heavy atom. The van der Waals surface area contributed by atoms with Crippen molar-refractivity contribution in [2.45, 2.75) is 5.41 Å². The topological polar surface area (TPSA) is 35.0 Å². The molecule has 3 heteroatoms. The van der Waals surface area contributed by atoms with E-state index in [2.05, 4.69) is 188 Å². The summed E-state index contributed by atoms with van der Waals surface area (Å²) in [5, 5.41) is 4.49. The molecular formula is C53H34N2O. The van der Waals surface area contributed by atoms with Gasteiger partial charge in [0.1, 0.15) is 11.5 Å². The first-order chi connectivity index (χ1) is 27.7. The fourth-order valence-electron chi connectivity index (χ4n) is 8.65. The molecule has 10 aromatic rings. The number of fused-ring (bicyclic) bond motifs is 6. The van der Waals surface area contributed by atoms with Crippen LogP contribution in [0.15, 0.2) is 206 Å². The minimum absolute atomic E-state index is 0.613. The van der Waals surface area contributed by atoms with Crippen molar-refractivity contribution in [1.82, 2.24) is 9.97 Å². The average Bonchev–Trinajstić information content (AvgIpc) is 3.28. The van der Waals surface area contributed by atoms with Crippen LogP contribution in [0.4, 0.5) is 0 Å². The Kier molecular flexibility index (Phi) is 7.39. The van der Waals surface area contributed by atoms with E-state index in [9.17, 15) is 0 Å². The number of nitrogens with zero attached hydrogens (tertiary/aromatic N) is 2. The molecule has 3 heterocycles. The number of pyridine rings is 2. The number of hydrogen-bond donors (Lipinski definition) is 0. The Labute approximate surface area is 325 Å². The van der Waals surface area contributed by atoms with Crippen molar-refractivity contribution in [3.8, 4) is 45.1 Å². The molecule has 11 rings (SSSR count). The third-order valence-corrected chi connectivity index (χ3v) is 11.4. The lowest BCUT2D eigenvalue weighted by Crippen LogP contribution is -2.34. The van der Waals surface area contributed by atoms with Gasteiger partial charge in [0.25, 0.3) is 0 Å². The molecule has 56 heavy (non-hydrogen) atoms. The zero-order valence-electron chi connectivity index (χ0n) is 30.4. The molecule has 8 aromatic carbocycles. The van der Waals surface area contributed by atoms with E-state index in [1.165, 1.54) is 16.5 Å². The molecular weight excluding hydrogens is 681 g/mol. The number of hydrogen-bond acceptors (Lipinski definition) is 3. The van der Waals surface area contributed by atoms with Gasteiger partial charge in [0, 0.05) is 33.0 Å². The summed E-state index contributed by atoms with van der Waals surface area (Å²) in [7, 11) is 0. The minimum Gasteiger partial charge on any atom is -0.457 e. The van der Waals surface area contributed by atoms with E-state index in [4.69, 9.17) is 14.7 Å². The normalized spacial score (nSPS) is 12.9. The minimum atomic E-state index is -0.613. The second-order valence-corrected chi connectivity index (χ2v) is 14.5. The summed E-state index contributed by atoms with van der Waals surface area (Å²) in [4.78, 5) is 10.3. The van der Waals surface area contributed by atoms with Crippen LogP contribution in [0.5, 0.6) is 11.5 Å². The quantitative estimate of drug-likeness (QED) is 0.167. The molecule has 262 valence electrons. The Bertz CT molecular complexity index is 3050. The van der Waals surface area contributed by atoms with Gasteiger partial charge in [0.05, 0.1) is 27.8 Å². The van der Waals surface area contributed by atoms with Gasteiger partial charge in [-0.15, -0.1) is 0 Å². The first-order valence-corrected chi connectivity index (χ1v) is 19.1. The van der Waals surface area contributed by atoms with Crippen molar-refractivity contribution in [2.75, 3.05) is 0 Å². The third kappa shape index (κ3) is 5.13. The highest BCUT2D eigenvalue weighted by molar-refractivity contribution is 6.04. The van der Waals surface area contributed by atoms with Gasteiger partial charge in [-0.1, -0.05) is 170 Å². The maximum Gasteiger partial charge on any atom is 0.132 e. The third-order valence-electron chi connectivity index (χ3n) is 11.4. The van der Waals surface area contributed by atoms with Crippen LogP contribution >= 0.6 is 0 Å². The summed E-state index contributed by atoms with van der Waals surface area (Å²) in [5.74, 6) is 1.74. The van der Waals surface area contributed by atoms with Crippen LogP contribution in [-0.4, -0.2) is 9.97 Å². The summed E-state index contributed by atoms with van der Waals surface area (Å²) < 4.78 is 6.84. The van der Waals surface area contributed by atoms with Crippen molar-refractivity contribution in [2.24, 2.45) is 0 Å². The smallest absolute Gasteiger partial charge is 0.132 e. The van der Waals surface area contributed by atoms with Crippen molar-refractivity contribution in [3.63, 3.8) is 0 Å². The summed E-state index contributed by atoms with van der Waals surface area (Å²) in [6, 6.07) is 73.3. The molecule has 1 aliphatic heterocycles. The van der Waals surface area contributed by atoms with E-state index < -0.39 is 5.41 Å². The first-order valence-electron chi connectivity index (χ1n) is 19.1. The fourth-order valence-corrected chi connectivity index (χ4v) is 8.65. The van der Waals surface area contributed by atoms with Gasteiger partial charge in [-0.05, 0) is 69.4 Å². The standard InChI is InChI=1S/C53H34N2O/c1-4-12-36(13-5-1)47-29-26-38-24-25-39-27-30-48(55-52(39)51(38)54-47)37-22-20-35(21-23-37)42-28-31-49-45(33-42)53(43-16-6-2-7-17-43,44-18-8-3-9-19-44)46-32-40-14-10-11-15-41(40)34-50(46)56-49/h1-34H. The average molecular weight is 715 g/mol. The Hall–Kier alpha value is -7.36. The monoisotopic (exact) mass is 714 g/mol. The van der Waals surface area contributed by atoms with Crippen LogP contribution in [0.3, 0.4) is 0 Å². The molecule has 0 fully saturated rings. The lowest BCUT2D eigenvalue weighted by Gasteiger charge is -2.42. The maximum atomic E-state index is 6.84. The number of rotatable bonds is 5. The lowest BCUT2D eigenvalue weighted by atomic mass is 9.63. The van der Waals surface area contributed by atoms with E-state index in [0.29, 0.717) is 0 Å². The Balaban J connectivity index is 1.04. The van der Waals surface area contributed by atoms with Gasteiger partial charge in [0.2, 0.25) is 0 Å². The molecule has 1 aliphatic rings. The predicted octanol–water partition coefficient (Wildman–Crippen LogP) is 13.4. The van der Waals surface area contributed by atoms with E-state index in [0.717, 1.165) is 83.5 Å². The van der Waals surface area contributed by atoms with E-state index >= 15 is 0 Å². The zero-order chi connectivity index (χ0) is 37.1. The SMILES string of the molecule is c1ccc(-c2ccc3ccc4ccc(-c5ccc(-c6ccc7c(c6)C(c6ccccc6)(c6ccccc6)c6cc8ccccc8cc6O7)cc5)nc4c3n2)cc1. The van der Waals surface area contributed by atoms with Crippen LogP contribution in [0.2, 0.25) is 0 Å². The van der Waals surface area contributed by atoms with Crippen molar-refractivity contribution >= 4 is 32.6 Å². The van der Waals surface area contributed by atoms with Crippen LogP contribution in [0, 0.1) is 0 Å². The van der Waals surface area contributed by atoms with Crippen LogP contribution in [0.1, 0.15) is 22.3 Å². The van der Waals surface area contributed by atoms with E-state index in [1.54, 1.807) is 0 Å². The van der Waals surface area contributed by atoms with Crippen molar-refractivity contribution < 1.29 is 4.74 Å². The fraction of sp³-hybridized carbons (Fsp3) is 0.0189. The zero-order valence-corrected chi connectivity index (χ0v) is 30.4. The summed E-state index contributed by atoms with van der Waals surface area (Å²) in [6.45, 7) is 0.